The van der Waals surface area contributed by atoms with Crippen LogP contribution >= 0.6 is 23.4 Å². The van der Waals surface area contributed by atoms with Crippen molar-refractivity contribution < 1.29 is 9.72 Å². The van der Waals surface area contributed by atoms with Gasteiger partial charge in [-0.1, -0.05) is 29.4 Å². The van der Waals surface area contributed by atoms with Crippen molar-refractivity contribution in [2.75, 3.05) is 11.1 Å². The number of nitro groups is 1. The molecule has 1 amide bonds. The highest BCUT2D eigenvalue weighted by Crippen LogP contribution is 2.27. The van der Waals surface area contributed by atoms with E-state index < -0.39 is 4.92 Å². The van der Waals surface area contributed by atoms with E-state index in [0.29, 0.717) is 10.0 Å². The number of carbonyl (C=O) groups excluding carboxylic acids is 1. The first kappa shape index (κ1) is 16.3. The quantitative estimate of drug-likeness (QED) is 0.511. The molecule has 114 valence electrons. The maximum absolute atomic E-state index is 11.9. The molecule has 1 N–H and O–H groups in total. The van der Waals surface area contributed by atoms with Gasteiger partial charge in [0, 0.05) is 12.3 Å². The van der Waals surface area contributed by atoms with Gasteiger partial charge in [-0.3, -0.25) is 14.9 Å². The van der Waals surface area contributed by atoms with Crippen LogP contribution in [0.4, 0.5) is 11.4 Å². The molecule has 0 aliphatic carbocycles. The predicted molar refractivity (Wildman–Crippen MR) is 86.4 cm³/mol. The van der Waals surface area contributed by atoms with Gasteiger partial charge in [-0.15, -0.1) is 0 Å². The Balaban J connectivity index is 2.04. The first-order valence-electron chi connectivity index (χ1n) is 6.25. The molecule has 2 aromatic rings. The summed E-state index contributed by atoms with van der Waals surface area (Å²) in [5.41, 5.74) is 0.793. The molecule has 0 unspecified atom stereocenters. The second-order valence-electron chi connectivity index (χ2n) is 4.40. The summed E-state index contributed by atoms with van der Waals surface area (Å²) in [6, 6.07) is 8.01. The van der Waals surface area contributed by atoms with Crippen molar-refractivity contribution in [3.05, 3.63) is 57.2 Å². The number of pyridine rings is 1. The fourth-order valence-electron chi connectivity index (χ4n) is 1.70. The minimum Gasteiger partial charge on any atom is -0.320 e. The van der Waals surface area contributed by atoms with Gasteiger partial charge in [0.05, 0.1) is 15.7 Å². The highest BCUT2D eigenvalue weighted by molar-refractivity contribution is 8.00. The Morgan fingerprint density at radius 3 is 2.91 bits per heavy atom. The van der Waals surface area contributed by atoms with Crippen molar-refractivity contribution >= 4 is 40.6 Å². The topological polar surface area (TPSA) is 85.1 Å². The van der Waals surface area contributed by atoms with Gasteiger partial charge in [0.1, 0.15) is 10.7 Å². The van der Waals surface area contributed by atoms with Gasteiger partial charge in [-0.2, -0.15) is 0 Å². The highest BCUT2D eigenvalue weighted by Gasteiger charge is 2.16. The van der Waals surface area contributed by atoms with Crippen LogP contribution < -0.4 is 5.32 Å². The summed E-state index contributed by atoms with van der Waals surface area (Å²) in [6.07, 6.45) is 1.58. The lowest BCUT2D eigenvalue weighted by atomic mass is 10.2. The molecule has 0 spiro atoms. The van der Waals surface area contributed by atoms with E-state index in [1.54, 1.807) is 31.3 Å². The first-order valence-corrected chi connectivity index (χ1v) is 7.62. The number of nitrogens with zero attached hydrogens (tertiary/aromatic N) is 2. The minimum absolute atomic E-state index is 0.0573. The maximum Gasteiger partial charge on any atom is 0.293 e. The Kier molecular flexibility index (Phi) is 5.35. The number of aryl methyl sites for hydroxylation is 1. The largest absolute Gasteiger partial charge is 0.320 e. The molecule has 0 saturated carbocycles. The van der Waals surface area contributed by atoms with E-state index in [2.05, 4.69) is 10.3 Å². The van der Waals surface area contributed by atoms with Gasteiger partial charge >= 0.3 is 0 Å². The molecule has 0 bridgehead atoms. The van der Waals surface area contributed by atoms with Crippen LogP contribution in [-0.2, 0) is 4.79 Å². The van der Waals surface area contributed by atoms with Gasteiger partial charge < -0.3 is 5.32 Å². The van der Waals surface area contributed by atoms with Crippen LogP contribution in [0.25, 0.3) is 0 Å². The van der Waals surface area contributed by atoms with Gasteiger partial charge in [0.25, 0.3) is 5.69 Å². The fourth-order valence-corrected chi connectivity index (χ4v) is 2.66. The molecule has 2 rings (SSSR count). The molecule has 1 aromatic carbocycles. The molecule has 1 aromatic heterocycles. The molecule has 8 heteroatoms. The zero-order valence-electron chi connectivity index (χ0n) is 11.6. The molecule has 22 heavy (non-hydrogen) atoms. The minimum atomic E-state index is -0.522. The Bertz CT molecular complexity index is 724. The third-order valence-corrected chi connectivity index (χ3v) is 4.11. The normalized spacial score (nSPS) is 10.3. The number of amides is 1. The van der Waals surface area contributed by atoms with E-state index in [4.69, 9.17) is 11.6 Å². The molecular weight excluding hydrogens is 326 g/mol. The van der Waals surface area contributed by atoms with Crippen molar-refractivity contribution in [1.29, 1.82) is 0 Å². The number of rotatable bonds is 5. The summed E-state index contributed by atoms with van der Waals surface area (Å²) in [5, 5.41) is 14.5. The summed E-state index contributed by atoms with van der Waals surface area (Å²) >= 11 is 7.11. The lowest BCUT2D eigenvalue weighted by molar-refractivity contribution is -0.384. The smallest absolute Gasteiger partial charge is 0.293 e. The standard InChI is InChI=1S/C14H12ClN3O3S/c1-9-4-5-11(12(7-9)18(20)21)17-13(19)8-22-14-10(15)3-2-6-16-14/h2-7H,8H2,1H3,(H,17,19). The number of halogens is 1. The lowest BCUT2D eigenvalue weighted by Crippen LogP contribution is -2.15. The number of anilines is 1. The average molecular weight is 338 g/mol. The zero-order chi connectivity index (χ0) is 16.1. The van der Waals surface area contributed by atoms with Crippen LogP contribution in [0, 0.1) is 17.0 Å². The Labute approximate surface area is 136 Å². The number of nitrogens with one attached hydrogen (secondary N) is 1. The third kappa shape index (κ3) is 4.19. The number of hydrogen-bond acceptors (Lipinski definition) is 5. The number of hydrogen-bond donors (Lipinski definition) is 1. The molecule has 0 radical (unpaired) electrons. The predicted octanol–water partition coefficient (Wildman–Crippen LogP) is 3.68. The summed E-state index contributed by atoms with van der Waals surface area (Å²) in [4.78, 5) is 26.5. The van der Waals surface area contributed by atoms with Crippen molar-refractivity contribution in [1.82, 2.24) is 4.98 Å². The number of nitro benzene ring substituents is 1. The maximum atomic E-state index is 11.9. The van der Waals surface area contributed by atoms with Crippen LogP contribution in [0.15, 0.2) is 41.6 Å². The van der Waals surface area contributed by atoms with Gasteiger partial charge in [0.15, 0.2) is 0 Å². The van der Waals surface area contributed by atoms with E-state index in [9.17, 15) is 14.9 Å². The number of carbonyl (C=O) groups is 1. The highest BCUT2D eigenvalue weighted by atomic mass is 35.5. The Hall–Kier alpha value is -2.12. The molecule has 6 nitrogen and oxygen atoms in total. The van der Waals surface area contributed by atoms with Crippen LogP contribution in [-0.4, -0.2) is 21.6 Å². The van der Waals surface area contributed by atoms with Crippen molar-refractivity contribution in [2.24, 2.45) is 0 Å². The van der Waals surface area contributed by atoms with Crippen LogP contribution in [0.3, 0.4) is 0 Å². The summed E-state index contributed by atoms with van der Waals surface area (Å²) in [5.74, 6) is -0.305. The molecule has 0 saturated heterocycles. The summed E-state index contributed by atoms with van der Waals surface area (Å²) in [7, 11) is 0. The molecule has 0 atom stereocenters. The second kappa shape index (κ2) is 7.24. The van der Waals surface area contributed by atoms with Crippen molar-refractivity contribution in [2.45, 2.75) is 11.9 Å². The number of benzene rings is 1. The van der Waals surface area contributed by atoms with E-state index in [0.717, 1.165) is 5.56 Å². The SMILES string of the molecule is Cc1ccc(NC(=O)CSc2ncccc2Cl)c([N+](=O)[O-])c1. The monoisotopic (exact) mass is 337 g/mol. The number of aromatic nitrogens is 1. The Morgan fingerprint density at radius 1 is 1.45 bits per heavy atom. The van der Waals surface area contributed by atoms with Gasteiger partial charge in [-0.05, 0) is 30.7 Å². The lowest BCUT2D eigenvalue weighted by Gasteiger charge is -2.07. The molecule has 0 aliphatic heterocycles. The van der Waals surface area contributed by atoms with Crippen molar-refractivity contribution in [3.8, 4) is 0 Å². The van der Waals surface area contributed by atoms with Gasteiger partial charge in [-0.25, -0.2) is 4.98 Å². The average Bonchev–Trinajstić information content (AvgIpc) is 2.48. The zero-order valence-corrected chi connectivity index (χ0v) is 13.1. The first-order chi connectivity index (χ1) is 10.5. The van der Waals surface area contributed by atoms with E-state index in [1.165, 1.54) is 23.9 Å². The fraction of sp³-hybridized carbons (Fsp3) is 0.143. The molecular formula is C14H12ClN3O3S. The van der Waals surface area contributed by atoms with Crippen LogP contribution in [0.1, 0.15) is 5.56 Å². The Morgan fingerprint density at radius 2 is 2.23 bits per heavy atom. The van der Waals surface area contributed by atoms with E-state index in [-0.39, 0.29) is 23.0 Å². The second-order valence-corrected chi connectivity index (χ2v) is 5.78. The molecule has 0 fully saturated rings. The van der Waals surface area contributed by atoms with Crippen LogP contribution in [0.5, 0.6) is 0 Å². The summed E-state index contributed by atoms with van der Waals surface area (Å²) < 4.78 is 0. The van der Waals surface area contributed by atoms with E-state index in [1.807, 2.05) is 0 Å². The van der Waals surface area contributed by atoms with Crippen molar-refractivity contribution in [3.63, 3.8) is 0 Å². The van der Waals surface area contributed by atoms with Crippen LogP contribution in [0.2, 0.25) is 5.02 Å². The summed E-state index contributed by atoms with van der Waals surface area (Å²) in [6.45, 7) is 1.75. The molecule has 0 aliphatic rings. The number of thioether (sulfide) groups is 1. The van der Waals surface area contributed by atoms with Gasteiger partial charge in [0.2, 0.25) is 5.91 Å². The van der Waals surface area contributed by atoms with E-state index >= 15 is 0 Å². The molecule has 1 heterocycles. The third-order valence-electron chi connectivity index (χ3n) is 2.69.